The number of carboxylic acids is 1. The highest BCUT2D eigenvalue weighted by Crippen LogP contribution is 2.16. The van der Waals surface area contributed by atoms with E-state index in [2.05, 4.69) is 14.9 Å². The molecule has 1 aromatic carbocycles. The van der Waals surface area contributed by atoms with Crippen molar-refractivity contribution in [1.82, 2.24) is 10.2 Å². The zero-order valence-electron chi connectivity index (χ0n) is 10.6. The molecule has 0 spiro atoms. The number of rotatable bonds is 5. The van der Waals surface area contributed by atoms with Crippen LogP contribution in [0.4, 0.5) is 5.82 Å². The summed E-state index contributed by atoms with van der Waals surface area (Å²) in [4.78, 5) is 10.7. The number of aryl methyl sites for hydroxylation is 1. The number of aromatic amines is 1. The van der Waals surface area contributed by atoms with E-state index in [1.54, 1.807) is 6.07 Å². The van der Waals surface area contributed by atoms with Crippen LogP contribution in [0.3, 0.4) is 0 Å². The van der Waals surface area contributed by atoms with Crippen LogP contribution in [-0.4, -0.2) is 29.7 Å². The first-order valence-electron chi connectivity index (χ1n) is 5.83. The van der Waals surface area contributed by atoms with E-state index < -0.39 is 16.0 Å². The van der Waals surface area contributed by atoms with Crippen LogP contribution in [0.5, 0.6) is 0 Å². The number of hydrogen-bond donors (Lipinski definition) is 3. The third-order valence-corrected chi connectivity index (χ3v) is 4.03. The Balaban J connectivity index is 2.23. The molecule has 106 valence electrons. The summed E-state index contributed by atoms with van der Waals surface area (Å²) in [5, 5.41) is 15.3. The monoisotopic (exact) mass is 295 g/mol. The van der Waals surface area contributed by atoms with Crippen molar-refractivity contribution in [3.63, 3.8) is 0 Å². The quantitative estimate of drug-likeness (QED) is 0.773. The molecule has 0 bridgehead atoms. The van der Waals surface area contributed by atoms with Crippen LogP contribution in [0.25, 0.3) is 0 Å². The lowest BCUT2D eigenvalue weighted by Crippen LogP contribution is -2.13. The van der Waals surface area contributed by atoms with Crippen molar-refractivity contribution in [1.29, 1.82) is 0 Å². The largest absolute Gasteiger partial charge is 0.478 e. The minimum Gasteiger partial charge on any atom is -0.478 e. The van der Waals surface area contributed by atoms with E-state index in [4.69, 9.17) is 5.11 Å². The predicted molar refractivity (Wildman–Crippen MR) is 72.2 cm³/mol. The van der Waals surface area contributed by atoms with Crippen LogP contribution in [0.2, 0.25) is 0 Å². The fraction of sp³-hybridized carbons (Fsp3) is 0.167. The Hall–Kier alpha value is -2.35. The van der Waals surface area contributed by atoms with E-state index in [0.29, 0.717) is 6.42 Å². The van der Waals surface area contributed by atoms with Crippen LogP contribution in [0.1, 0.15) is 23.0 Å². The third-order valence-electron chi connectivity index (χ3n) is 2.66. The van der Waals surface area contributed by atoms with Gasteiger partial charge in [-0.25, -0.2) is 13.2 Å². The van der Waals surface area contributed by atoms with Crippen LogP contribution < -0.4 is 4.72 Å². The maximum absolute atomic E-state index is 12.1. The van der Waals surface area contributed by atoms with Gasteiger partial charge in [-0.15, -0.1) is 0 Å². The molecule has 0 saturated heterocycles. The number of nitrogens with one attached hydrogen (secondary N) is 2. The second-order valence-corrected chi connectivity index (χ2v) is 5.75. The van der Waals surface area contributed by atoms with E-state index in [9.17, 15) is 13.2 Å². The molecule has 7 nitrogen and oxygen atoms in total. The molecular formula is C12H13N3O4S. The van der Waals surface area contributed by atoms with Gasteiger partial charge >= 0.3 is 5.97 Å². The van der Waals surface area contributed by atoms with Crippen LogP contribution in [0, 0.1) is 0 Å². The van der Waals surface area contributed by atoms with Crippen molar-refractivity contribution in [3.8, 4) is 0 Å². The topological polar surface area (TPSA) is 112 Å². The van der Waals surface area contributed by atoms with Gasteiger partial charge < -0.3 is 5.11 Å². The number of aromatic carboxylic acids is 1. The van der Waals surface area contributed by atoms with E-state index in [0.717, 1.165) is 5.69 Å². The summed E-state index contributed by atoms with van der Waals surface area (Å²) in [6.45, 7) is 1.91. The molecule has 0 amide bonds. The van der Waals surface area contributed by atoms with Gasteiger partial charge in [-0.1, -0.05) is 6.92 Å². The second-order valence-electron chi connectivity index (χ2n) is 4.07. The van der Waals surface area contributed by atoms with Gasteiger partial charge in [-0.2, -0.15) is 5.10 Å². The minimum atomic E-state index is -3.78. The Morgan fingerprint density at radius 3 is 2.50 bits per heavy atom. The summed E-state index contributed by atoms with van der Waals surface area (Å²) in [6, 6.07) is 6.54. The molecule has 0 saturated carbocycles. The van der Waals surface area contributed by atoms with Crippen molar-refractivity contribution >= 4 is 21.8 Å². The molecule has 0 aliphatic heterocycles. The summed E-state index contributed by atoms with van der Waals surface area (Å²) >= 11 is 0. The predicted octanol–water partition coefficient (Wildman–Crippen LogP) is 1.47. The third kappa shape index (κ3) is 2.97. The lowest BCUT2D eigenvalue weighted by molar-refractivity contribution is 0.0696. The molecule has 1 aromatic heterocycles. The Labute approximate surface area is 115 Å². The first-order valence-corrected chi connectivity index (χ1v) is 7.31. The van der Waals surface area contributed by atoms with E-state index in [-0.39, 0.29) is 16.3 Å². The molecule has 20 heavy (non-hydrogen) atoms. The summed E-state index contributed by atoms with van der Waals surface area (Å²) in [7, 11) is -3.78. The number of benzene rings is 1. The second kappa shape index (κ2) is 5.33. The van der Waals surface area contributed by atoms with Crippen LogP contribution in [0.15, 0.2) is 35.2 Å². The number of hydrogen-bond acceptors (Lipinski definition) is 4. The first kappa shape index (κ1) is 14.1. The maximum Gasteiger partial charge on any atom is 0.335 e. The molecule has 0 aliphatic carbocycles. The molecule has 1 heterocycles. The van der Waals surface area contributed by atoms with Gasteiger partial charge in [0.2, 0.25) is 0 Å². The van der Waals surface area contributed by atoms with E-state index in [1.165, 1.54) is 24.3 Å². The maximum atomic E-state index is 12.1. The molecular weight excluding hydrogens is 282 g/mol. The number of aromatic nitrogens is 2. The highest BCUT2D eigenvalue weighted by atomic mass is 32.2. The van der Waals surface area contributed by atoms with Crippen LogP contribution >= 0.6 is 0 Å². The minimum absolute atomic E-state index is 0.0245. The van der Waals surface area contributed by atoms with E-state index >= 15 is 0 Å². The number of nitrogens with zero attached hydrogens (tertiary/aromatic N) is 1. The molecule has 2 rings (SSSR count). The Kier molecular flexibility index (Phi) is 3.75. The molecule has 3 N–H and O–H groups in total. The normalized spacial score (nSPS) is 11.2. The molecule has 0 aliphatic rings. The Morgan fingerprint density at radius 1 is 1.35 bits per heavy atom. The smallest absolute Gasteiger partial charge is 0.335 e. The summed E-state index contributed by atoms with van der Waals surface area (Å²) < 4.78 is 26.5. The lowest BCUT2D eigenvalue weighted by atomic mass is 10.2. The summed E-state index contributed by atoms with van der Waals surface area (Å²) in [5.74, 6) is -0.911. The van der Waals surface area contributed by atoms with Gasteiger partial charge in [0.05, 0.1) is 10.5 Å². The number of H-pyrrole nitrogens is 1. The fourth-order valence-electron chi connectivity index (χ4n) is 1.57. The Morgan fingerprint density at radius 2 is 2.00 bits per heavy atom. The summed E-state index contributed by atoms with van der Waals surface area (Å²) in [5.41, 5.74) is 0.834. The Bertz CT molecular complexity index is 719. The molecule has 0 unspecified atom stereocenters. The lowest BCUT2D eigenvalue weighted by Gasteiger charge is -2.05. The molecule has 0 fully saturated rings. The number of sulfonamides is 1. The van der Waals surface area contributed by atoms with Crippen molar-refractivity contribution < 1.29 is 18.3 Å². The zero-order valence-corrected chi connectivity index (χ0v) is 11.4. The number of carboxylic acid groups (broad SMARTS) is 1. The standard InChI is InChI=1S/C12H13N3O4S/c1-2-9-7-11(14-13-9)15-20(18,19)10-5-3-8(4-6-10)12(16)17/h3-7H,2H2,1H3,(H,16,17)(H2,13,14,15). The van der Waals surface area contributed by atoms with Crippen LogP contribution in [-0.2, 0) is 16.4 Å². The van der Waals surface area contributed by atoms with Gasteiger partial charge in [0.15, 0.2) is 5.82 Å². The fourth-order valence-corrected chi connectivity index (χ4v) is 2.56. The molecule has 0 radical (unpaired) electrons. The number of carbonyl (C=O) groups is 1. The van der Waals surface area contributed by atoms with Gasteiger partial charge in [-0.3, -0.25) is 9.82 Å². The average Bonchev–Trinajstić information content (AvgIpc) is 2.85. The molecule has 2 aromatic rings. The van der Waals surface area contributed by atoms with Crippen molar-refractivity contribution in [2.75, 3.05) is 4.72 Å². The van der Waals surface area contributed by atoms with Crippen molar-refractivity contribution in [3.05, 3.63) is 41.6 Å². The van der Waals surface area contributed by atoms with Gasteiger partial charge in [0, 0.05) is 11.8 Å². The zero-order chi connectivity index (χ0) is 14.8. The van der Waals surface area contributed by atoms with Gasteiger partial charge in [0.1, 0.15) is 0 Å². The van der Waals surface area contributed by atoms with Gasteiger partial charge in [-0.05, 0) is 30.7 Å². The number of anilines is 1. The highest BCUT2D eigenvalue weighted by molar-refractivity contribution is 7.92. The highest BCUT2D eigenvalue weighted by Gasteiger charge is 2.16. The average molecular weight is 295 g/mol. The molecule has 0 atom stereocenters. The van der Waals surface area contributed by atoms with E-state index in [1.807, 2.05) is 6.92 Å². The van der Waals surface area contributed by atoms with Gasteiger partial charge in [0.25, 0.3) is 10.0 Å². The summed E-state index contributed by atoms with van der Waals surface area (Å²) in [6.07, 6.45) is 0.710. The van der Waals surface area contributed by atoms with Crippen molar-refractivity contribution in [2.24, 2.45) is 0 Å². The molecule has 8 heteroatoms. The SMILES string of the molecule is CCc1cc(NS(=O)(=O)c2ccc(C(=O)O)cc2)n[nH]1. The first-order chi connectivity index (χ1) is 9.42. The van der Waals surface area contributed by atoms with Crippen molar-refractivity contribution in [2.45, 2.75) is 18.2 Å².